The van der Waals surface area contributed by atoms with Gasteiger partial charge in [-0.25, -0.2) is 13.4 Å². The van der Waals surface area contributed by atoms with Gasteiger partial charge < -0.3 is 19.8 Å². The molecule has 0 amide bonds. The zero-order valence-electron chi connectivity index (χ0n) is 24.0. The molecule has 10 heteroatoms. The van der Waals surface area contributed by atoms with Crippen LogP contribution in [0.25, 0.3) is 11.3 Å². The van der Waals surface area contributed by atoms with Crippen LogP contribution in [0.3, 0.4) is 0 Å². The molecule has 2 heterocycles. The van der Waals surface area contributed by atoms with Crippen LogP contribution in [0.15, 0.2) is 65.6 Å². The Hall–Kier alpha value is -3.18. The molecule has 2 aromatic carbocycles. The summed E-state index contributed by atoms with van der Waals surface area (Å²) in [7, 11) is -0.0975. The number of sulfonamides is 1. The van der Waals surface area contributed by atoms with Crippen LogP contribution in [0.4, 0.5) is 11.5 Å². The number of benzene rings is 2. The molecule has 0 spiro atoms. The van der Waals surface area contributed by atoms with E-state index in [1.54, 1.807) is 24.3 Å². The van der Waals surface area contributed by atoms with Gasteiger partial charge in [0, 0.05) is 26.2 Å². The third-order valence-corrected chi connectivity index (χ3v) is 8.74. The number of fused-ring (bicyclic) bond motifs is 1. The number of hydrogen-bond acceptors (Lipinski definition) is 8. The molecule has 0 saturated carbocycles. The van der Waals surface area contributed by atoms with Crippen molar-refractivity contribution in [2.24, 2.45) is 0 Å². The number of ether oxygens (including phenoxy) is 1. The number of aliphatic hydroxyl groups excluding tert-OH is 1. The highest BCUT2D eigenvalue weighted by atomic mass is 32.2. The summed E-state index contributed by atoms with van der Waals surface area (Å²) in [5, 5.41) is 23.1. The van der Waals surface area contributed by atoms with Crippen LogP contribution in [0, 0.1) is 0 Å². The van der Waals surface area contributed by atoms with Crippen molar-refractivity contribution in [3.63, 3.8) is 0 Å². The fraction of sp³-hybridized carbons (Fsp3) is 0.433. The largest absolute Gasteiger partial charge is 0.486 e. The molecule has 1 aromatic heterocycles. The van der Waals surface area contributed by atoms with E-state index >= 15 is 0 Å². The number of pyridine rings is 1. The van der Waals surface area contributed by atoms with Gasteiger partial charge in [-0.15, -0.1) is 0 Å². The van der Waals surface area contributed by atoms with Crippen molar-refractivity contribution < 1.29 is 23.4 Å². The molecule has 1 aliphatic heterocycles. The molecular formula is C30H40N4O5S. The SMILES string of the molecule is CC(C)c1cccc(S(=O)(=O)N2C[C@H](CCNC(O)C(C)(C)O)Oc3ccc(-c4cccc(N(C)C)n4)cc32)c1. The molecule has 216 valence electrons. The first-order valence-electron chi connectivity index (χ1n) is 13.5. The van der Waals surface area contributed by atoms with Crippen LogP contribution in [0.5, 0.6) is 5.75 Å². The molecule has 0 bridgehead atoms. The summed E-state index contributed by atoms with van der Waals surface area (Å²) in [6, 6.07) is 18.3. The van der Waals surface area contributed by atoms with Crippen molar-refractivity contribution in [3.8, 4) is 17.0 Å². The minimum atomic E-state index is -3.93. The third-order valence-electron chi connectivity index (χ3n) is 6.96. The second-order valence-electron chi connectivity index (χ2n) is 11.3. The Bertz CT molecular complexity index is 1440. The van der Waals surface area contributed by atoms with Gasteiger partial charge in [0.2, 0.25) is 0 Å². The molecule has 0 saturated heterocycles. The summed E-state index contributed by atoms with van der Waals surface area (Å²) in [5.41, 5.74) is 1.57. The van der Waals surface area contributed by atoms with E-state index in [4.69, 9.17) is 9.72 Å². The normalized spacial score (nSPS) is 16.4. The molecule has 1 aliphatic rings. The second kappa shape index (κ2) is 11.7. The molecule has 9 nitrogen and oxygen atoms in total. The van der Waals surface area contributed by atoms with Crippen LogP contribution in [0.2, 0.25) is 0 Å². The predicted octanol–water partition coefficient (Wildman–Crippen LogP) is 3.96. The van der Waals surface area contributed by atoms with E-state index in [9.17, 15) is 18.6 Å². The summed E-state index contributed by atoms with van der Waals surface area (Å²) in [6.07, 6.45) is -1.19. The van der Waals surface area contributed by atoms with Crippen LogP contribution >= 0.6 is 0 Å². The lowest BCUT2D eigenvalue weighted by Crippen LogP contribution is -2.49. The summed E-state index contributed by atoms with van der Waals surface area (Å²) in [6.45, 7) is 7.50. The van der Waals surface area contributed by atoms with Crippen molar-refractivity contribution in [1.82, 2.24) is 10.3 Å². The number of nitrogens with one attached hydrogen (secondary N) is 1. The lowest BCUT2D eigenvalue weighted by molar-refractivity contribution is -0.0653. The topological polar surface area (TPSA) is 115 Å². The smallest absolute Gasteiger partial charge is 0.264 e. The Labute approximate surface area is 237 Å². The summed E-state index contributed by atoms with van der Waals surface area (Å²) in [4.78, 5) is 6.86. The van der Waals surface area contributed by atoms with Crippen molar-refractivity contribution in [2.45, 2.75) is 62.9 Å². The van der Waals surface area contributed by atoms with Crippen molar-refractivity contribution >= 4 is 21.5 Å². The summed E-state index contributed by atoms with van der Waals surface area (Å²) >= 11 is 0. The molecule has 1 unspecified atom stereocenters. The van der Waals surface area contributed by atoms with Gasteiger partial charge in [-0.3, -0.25) is 9.62 Å². The van der Waals surface area contributed by atoms with E-state index in [0.29, 0.717) is 24.4 Å². The number of hydrogen-bond donors (Lipinski definition) is 3. The van der Waals surface area contributed by atoms with E-state index in [0.717, 1.165) is 22.6 Å². The monoisotopic (exact) mass is 568 g/mol. The van der Waals surface area contributed by atoms with Gasteiger partial charge in [0.05, 0.1) is 28.4 Å². The highest BCUT2D eigenvalue weighted by molar-refractivity contribution is 7.92. The Morgan fingerprint density at radius 3 is 2.52 bits per heavy atom. The van der Waals surface area contributed by atoms with Gasteiger partial charge in [0.25, 0.3) is 10.0 Å². The van der Waals surface area contributed by atoms with Crippen LogP contribution in [-0.2, 0) is 10.0 Å². The maximum atomic E-state index is 14.1. The molecule has 0 aliphatic carbocycles. The molecule has 0 fully saturated rings. The fourth-order valence-electron chi connectivity index (χ4n) is 4.47. The first kappa shape index (κ1) is 29.8. The van der Waals surface area contributed by atoms with E-state index in [1.165, 1.54) is 18.2 Å². The van der Waals surface area contributed by atoms with Gasteiger partial charge in [-0.2, -0.15) is 0 Å². The van der Waals surface area contributed by atoms with Crippen LogP contribution in [-0.4, -0.2) is 68.7 Å². The maximum absolute atomic E-state index is 14.1. The fourth-order valence-corrected chi connectivity index (χ4v) is 6.03. The lowest BCUT2D eigenvalue weighted by Gasteiger charge is -2.36. The summed E-state index contributed by atoms with van der Waals surface area (Å²) < 4.78 is 35.9. The standard InChI is InChI=1S/C30H40N4O5S/c1-20(2)21-9-7-10-24(17-21)40(37,38)34-19-23(15-16-31-29(35)30(3,4)36)39-27-14-13-22(18-26(27)34)25-11-8-12-28(32-25)33(5)6/h7-14,17-18,20,23,29,31,35-36H,15-16,19H2,1-6H3/t23-,29?/m0/s1. The summed E-state index contributed by atoms with van der Waals surface area (Å²) in [5.74, 6) is 1.42. The van der Waals surface area contributed by atoms with E-state index in [-0.39, 0.29) is 17.4 Å². The molecule has 0 radical (unpaired) electrons. The third kappa shape index (κ3) is 6.58. The minimum Gasteiger partial charge on any atom is -0.486 e. The Kier molecular flexibility index (Phi) is 8.75. The van der Waals surface area contributed by atoms with Gasteiger partial charge >= 0.3 is 0 Å². The highest BCUT2D eigenvalue weighted by Crippen LogP contribution is 2.40. The quantitative estimate of drug-likeness (QED) is 0.315. The lowest BCUT2D eigenvalue weighted by atomic mass is 10.0. The first-order valence-corrected chi connectivity index (χ1v) is 14.9. The zero-order valence-corrected chi connectivity index (χ0v) is 24.8. The highest BCUT2D eigenvalue weighted by Gasteiger charge is 2.35. The molecular weight excluding hydrogens is 528 g/mol. The average Bonchev–Trinajstić information content (AvgIpc) is 2.91. The Morgan fingerprint density at radius 2 is 1.85 bits per heavy atom. The van der Waals surface area contributed by atoms with Crippen molar-refractivity contribution in [2.75, 3.05) is 36.4 Å². The van der Waals surface area contributed by atoms with Crippen molar-refractivity contribution in [3.05, 3.63) is 66.2 Å². The molecule has 2 atom stereocenters. The molecule has 40 heavy (non-hydrogen) atoms. The molecule has 4 rings (SSSR count). The average molecular weight is 569 g/mol. The van der Waals surface area contributed by atoms with E-state index in [2.05, 4.69) is 5.32 Å². The number of nitrogens with zero attached hydrogens (tertiary/aromatic N) is 3. The Morgan fingerprint density at radius 1 is 1.12 bits per heavy atom. The second-order valence-corrected chi connectivity index (χ2v) is 13.1. The maximum Gasteiger partial charge on any atom is 0.264 e. The van der Waals surface area contributed by atoms with Gasteiger partial charge in [-0.1, -0.05) is 32.0 Å². The first-order chi connectivity index (χ1) is 18.8. The van der Waals surface area contributed by atoms with E-state index in [1.807, 2.05) is 69.2 Å². The van der Waals surface area contributed by atoms with Crippen molar-refractivity contribution in [1.29, 1.82) is 0 Å². The van der Waals surface area contributed by atoms with Gasteiger partial charge in [-0.05, 0) is 74.2 Å². The van der Waals surface area contributed by atoms with Crippen LogP contribution in [0.1, 0.15) is 45.6 Å². The van der Waals surface area contributed by atoms with Gasteiger partial charge in [0.1, 0.15) is 23.9 Å². The number of aliphatic hydroxyl groups is 2. The minimum absolute atomic E-state index is 0.0934. The molecule has 3 N–H and O–H groups in total. The van der Waals surface area contributed by atoms with Crippen LogP contribution < -0.4 is 19.3 Å². The number of rotatable bonds is 10. The van der Waals surface area contributed by atoms with Gasteiger partial charge in [0.15, 0.2) is 0 Å². The van der Waals surface area contributed by atoms with E-state index < -0.39 is 28.0 Å². The predicted molar refractivity (Wildman–Crippen MR) is 158 cm³/mol. The number of aromatic nitrogens is 1. The zero-order chi connectivity index (χ0) is 29.2. The molecule has 3 aromatic rings. The Balaban J connectivity index is 1.72. The number of anilines is 2.